The van der Waals surface area contributed by atoms with Crippen molar-refractivity contribution in [2.24, 2.45) is 5.92 Å². The summed E-state index contributed by atoms with van der Waals surface area (Å²) < 4.78 is 0. The summed E-state index contributed by atoms with van der Waals surface area (Å²) >= 11 is 0. The number of benzene rings is 1. The van der Waals surface area contributed by atoms with Gasteiger partial charge in [0.15, 0.2) is 0 Å². The van der Waals surface area contributed by atoms with Gasteiger partial charge in [0.2, 0.25) is 0 Å². The smallest absolute Gasteiger partial charge is 0.0340 e. The van der Waals surface area contributed by atoms with Crippen molar-refractivity contribution in [1.82, 2.24) is 4.90 Å². The summed E-state index contributed by atoms with van der Waals surface area (Å²) in [4.78, 5) is 2.43. The predicted molar refractivity (Wildman–Crippen MR) is 83.9 cm³/mol. The average Bonchev–Trinajstić information content (AvgIpc) is 2.46. The van der Waals surface area contributed by atoms with Crippen LogP contribution in [0.3, 0.4) is 0 Å². The first-order valence-corrected chi connectivity index (χ1v) is 7.71. The molecule has 1 aromatic carbocycles. The second-order valence-corrected chi connectivity index (χ2v) is 6.06. The molecule has 19 heavy (non-hydrogen) atoms. The topological polar surface area (TPSA) is 15.3 Å². The molecule has 2 heteroatoms. The lowest BCUT2D eigenvalue weighted by atomic mass is 9.96. The number of piperidine rings is 1. The molecule has 1 aromatic rings. The van der Waals surface area contributed by atoms with E-state index < -0.39 is 0 Å². The van der Waals surface area contributed by atoms with Gasteiger partial charge in [0.1, 0.15) is 0 Å². The van der Waals surface area contributed by atoms with Crippen molar-refractivity contribution >= 4 is 5.69 Å². The molecule has 1 unspecified atom stereocenters. The SMILES string of the molecule is CCC(C)c1ccc(NCC2CCN(C)CC2)cc1. The lowest BCUT2D eigenvalue weighted by Crippen LogP contribution is -2.32. The number of nitrogens with zero attached hydrogens (tertiary/aromatic N) is 1. The van der Waals surface area contributed by atoms with Gasteiger partial charge in [-0.1, -0.05) is 26.0 Å². The Morgan fingerprint density at radius 2 is 1.84 bits per heavy atom. The van der Waals surface area contributed by atoms with E-state index >= 15 is 0 Å². The third-order valence-corrected chi connectivity index (χ3v) is 4.53. The van der Waals surface area contributed by atoms with E-state index in [1.807, 2.05) is 0 Å². The highest BCUT2D eigenvalue weighted by Crippen LogP contribution is 2.21. The fourth-order valence-electron chi connectivity index (χ4n) is 2.69. The van der Waals surface area contributed by atoms with E-state index in [1.54, 1.807) is 0 Å². The monoisotopic (exact) mass is 260 g/mol. The number of hydrogen-bond donors (Lipinski definition) is 1. The molecule has 1 atom stereocenters. The number of hydrogen-bond acceptors (Lipinski definition) is 2. The van der Waals surface area contributed by atoms with Gasteiger partial charge in [-0.25, -0.2) is 0 Å². The van der Waals surface area contributed by atoms with Crippen molar-refractivity contribution in [3.8, 4) is 0 Å². The third-order valence-electron chi connectivity index (χ3n) is 4.53. The van der Waals surface area contributed by atoms with Gasteiger partial charge >= 0.3 is 0 Å². The van der Waals surface area contributed by atoms with Gasteiger partial charge in [-0.15, -0.1) is 0 Å². The molecule has 1 fully saturated rings. The zero-order valence-corrected chi connectivity index (χ0v) is 12.7. The van der Waals surface area contributed by atoms with E-state index in [0.29, 0.717) is 5.92 Å². The number of likely N-dealkylation sites (tertiary alicyclic amines) is 1. The maximum atomic E-state index is 3.59. The fraction of sp³-hybridized carbons (Fsp3) is 0.647. The second-order valence-electron chi connectivity index (χ2n) is 6.06. The summed E-state index contributed by atoms with van der Waals surface area (Å²) in [6.07, 6.45) is 3.87. The summed E-state index contributed by atoms with van der Waals surface area (Å²) in [6.45, 7) is 8.16. The van der Waals surface area contributed by atoms with Crippen LogP contribution in [-0.4, -0.2) is 31.6 Å². The Hall–Kier alpha value is -1.02. The minimum atomic E-state index is 0.669. The Morgan fingerprint density at radius 3 is 2.42 bits per heavy atom. The molecule has 1 N–H and O–H groups in total. The summed E-state index contributed by atoms with van der Waals surface area (Å²) in [5, 5.41) is 3.59. The van der Waals surface area contributed by atoms with Crippen molar-refractivity contribution in [2.45, 2.75) is 39.0 Å². The van der Waals surface area contributed by atoms with E-state index in [9.17, 15) is 0 Å². The quantitative estimate of drug-likeness (QED) is 0.862. The Balaban J connectivity index is 1.80. The van der Waals surface area contributed by atoms with Crippen molar-refractivity contribution in [3.05, 3.63) is 29.8 Å². The first kappa shape index (κ1) is 14.4. The predicted octanol–water partition coefficient (Wildman–Crippen LogP) is 3.95. The van der Waals surface area contributed by atoms with Crippen molar-refractivity contribution in [1.29, 1.82) is 0 Å². The molecule has 2 rings (SSSR count). The zero-order chi connectivity index (χ0) is 13.7. The van der Waals surface area contributed by atoms with Crippen LogP contribution in [-0.2, 0) is 0 Å². The van der Waals surface area contributed by atoms with Crippen LogP contribution in [0.4, 0.5) is 5.69 Å². The number of rotatable bonds is 5. The molecule has 0 saturated carbocycles. The van der Waals surface area contributed by atoms with E-state index in [4.69, 9.17) is 0 Å². The van der Waals surface area contributed by atoms with Crippen molar-refractivity contribution in [2.75, 3.05) is 32.0 Å². The molecule has 2 nitrogen and oxygen atoms in total. The highest BCUT2D eigenvalue weighted by Gasteiger charge is 2.16. The van der Waals surface area contributed by atoms with Gasteiger partial charge in [0, 0.05) is 12.2 Å². The molecule has 0 spiro atoms. The summed E-state index contributed by atoms with van der Waals surface area (Å²) in [6, 6.07) is 9.00. The van der Waals surface area contributed by atoms with Crippen LogP contribution in [0.5, 0.6) is 0 Å². The van der Waals surface area contributed by atoms with Crippen LogP contribution >= 0.6 is 0 Å². The standard InChI is InChI=1S/C17H28N2/c1-4-14(2)16-5-7-17(8-6-16)18-13-15-9-11-19(3)12-10-15/h5-8,14-15,18H,4,9-13H2,1-3H3. The van der Waals surface area contributed by atoms with Gasteiger partial charge in [-0.3, -0.25) is 0 Å². The third kappa shape index (κ3) is 4.24. The Morgan fingerprint density at radius 1 is 1.21 bits per heavy atom. The van der Waals surface area contributed by atoms with Crippen LogP contribution in [0.25, 0.3) is 0 Å². The van der Waals surface area contributed by atoms with Crippen molar-refractivity contribution < 1.29 is 0 Å². The molecule has 0 radical (unpaired) electrons. The molecule has 106 valence electrons. The first-order valence-electron chi connectivity index (χ1n) is 7.71. The maximum absolute atomic E-state index is 3.59. The molecule has 1 aliphatic rings. The summed E-state index contributed by atoms with van der Waals surface area (Å²) in [5.74, 6) is 1.51. The van der Waals surface area contributed by atoms with Crippen LogP contribution < -0.4 is 5.32 Å². The highest BCUT2D eigenvalue weighted by atomic mass is 15.1. The minimum Gasteiger partial charge on any atom is -0.385 e. The first-order chi connectivity index (χ1) is 9.19. The van der Waals surface area contributed by atoms with E-state index in [1.165, 1.54) is 43.6 Å². The van der Waals surface area contributed by atoms with Crippen LogP contribution in [0.15, 0.2) is 24.3 Å². The highest BCUT2D eigenvalue weighted by molar-refractivity contribution is 5.45. The Bertz CT molecular complexity index is 363. The lowest BCUT2D eigenvalue weighted by Gasteiger charge is -2.29. The van der Waals surface area contributed by atoms with Crippen LogP contribution in [0.2, 0.25) is 0 Å². The average molecular weight is 260 g/mol. The van der Waals surface area contributed by atoms with E-state index in [0.717, 1.165) is 12.5 Å². The number of anilines is 1. The normalized spacial score (nSPS) is 19.3. The molecular formula is C17H28N2. The molecular weight excluding hydrogens is 232 g/mol. The Labute approximate surface area is 118 Å². The fourth-order valence-corrected chi connectivity index (χ4v) is 2.69. The van der Waals surface area contributed by atoms with E-state index in [-0.39, 0.29) is 0 Å². The van der Waals surface area contributed by atoms with E-state index in [2.05, 4.69) is 55.4 Å². The minimum absolute atomic E-state index is 0.669. The molecule has 0 bridgehead atoms. The molecule has 1 saturated heterocycles. The van der Waals surface area contributed by atoms with Gasteiger partial charge in [-0.2, -0.15) is 0 Å². The zero-order valence-electron chi connectivity index (χ0n) is 12.7. The van der Waals surface area contributed by atoms with Crippen LogP contribution in [0, 0.1) is 5.92 Å². The second kappa shape index (κ2) is 6.95. The lowest BCUT2D eigenvalue weighted by molar-refractivity contribution is 0.226. The van der Waals surface area contributed by atoms with Crippen molar-refractivity contribution in [3.63, 3.8) is 0 Å². The molecule has 0 aromatic heterocycles. The van der Waals surface area contributed by atoms with Gasteiger partial charge in [0.05, 0.1) is 0 Å². The van der Waals surface area contributed by atoms with Crippen LogP contribution in [0.1, 0.15) is 44.6 Å². The van der Waals surface area contributed by atoms with Gasteiger partial charge in [0.25, 0.3) is 0 Å². The molecule has 1 aliphatic heterocycles. The number of nitrogens with one attached hydrogen (secondary N) is 1. The van der Waals surface area contributed by atoms with Gasteiger partial charge < -0.3 is 10.2 Å². The van der Waals surface area contributed by atoms with Gasteiger partial charge in [-0.05, 0) is 68.9 Å². The Kier molecular flexibility index (Phi) is 5.26. The molecule has 0 aliphatic carbocycles. The largest absolute Gasteiger partial charge is 0.385 e. The summed E-state index contributed by atoms with van der Waals surface area (Å²) in [5.41, 5.74) is 2.72. The maximum Gasteiger partial charge on any atom is 0.0340 e. The summed E-state index contributed by atoms with van der Waals surface area (Å²) in [7, 11) is 2.22. The molecule has 1 heterocycles. The molecule has 0 amide bonds.